The van der Waals surface area contributed by atoms with Gasteiger partial charge in [-0.25, -0.2) is 4.98 Å². The summed E-state index contributed by atoms with van der Waals surface area (Å²) in [7, 11) is 0. The van der Waals surface area contributed by atoms with E-state index in [1.54, 1.807) is 12.5 Å². The first-order valence-electron chi connectivity index (χ1n) is 6.54. The van der Waals surface area contributed by atoms with Gasteiger partial charge in [-0.05, 0) is 12.3 Å². The molecule has 1 aliphatic rings. The van der Waals surface area contributed by atoms with E-state index in [4.69, 9.17) is 11.6 Å². The Balaban J connectivity index is 1.80. The van der Waals surface area contributed by atoms with Crippen LogP contribution in [0.3, 0.4) is 0 Å². The van der Waals surface area contributed by atoms with E-state index in [9.17, 15) is 5.11 Å². The molecule has 0 aromatic carbocycles. The quantitative estimate of drug-likeness (QED) is 0.923. The normalized spacial score (nSPS) is 19.4. The maximum Gasteiger partial charge on any atom is 0.121 e. The van der Waals surface area contributed by atoms with E-state index in [1.165, 1.54) is 43.4 Å². The van der Waals surface area contributed by atoms with Crippen molar-refractivity contribution in [3.05, 3.63) is 22.6 Å². The number of imidazole rings is 1. The van der Waals surface area contributed by atoms with Crippen LogP contribution in [0.5, 0.6) is 0 Å². The van der Waals surface area contributed by atoms with E-state index in [1.807, 2.05) is 4.40 Å². The fourth-order valence-corrected chi connectivity index (χ4v) is 4.25. The van der Waals surface area contributed by atoms with Gasteiger partial charge in [-0.3, -0.25) is 4.40 Å². The number of aliphatic hydroxyl groups excluding tert-OH is 1. The van der Waals surface area contributed by atoms with Gasteiger partial charge in [0.25, 0.3) is 0 Å². The second-order valence-corrected chi connectivity index (χ2v) is 6.75. The summed E-state index contributed by atoms with van der Waals surface area (Å²) in [5.74, 6) is 0.642. The summed E-state index contributed by atoms with van der Waals surface area (Å²) >= 11 is 7.71. The summed E-state index contributed by atoms with van der Waals surface area (Å²) in [5, 5.41) is 10.4. The molecule has 3 nitrogen and oxygen atoms in total. The highest BCUT2D eigenvalue weighted by Gasteiger charge is 2.23. The number of thiazole rings is 1. The van der Waals surface area contributed by atoms with Crippen molar-refractivity contribution in [3.8, 4) is 0 Å². The third-order valence-corrected chi connectivity index (χ3v) is 5.18. The van der Waals surface area contributed by atoms with Crippen LogP contribution in [0.25, 0.3) is 4.83 Å². The van der Waals surface area contributed by atoms with Crippen molar-refractivity contribution in [2.24, 2.45) is 5.92 Å². The highest BCUT2D eigenvalue weighted by atomic mass is 35.5. The molecule has 0 bridgehead atoms. The summed E-state index contributed by atoms with van der Waals surface area (Å²) in [6.07, 6.45) is 10.3. The maximum absolute atomic E-state index is 10.4. The zero-order valence-electron chi connectivity index (χ0n) is 10.2. The lowest BCUT2D eigenvalue weighted by Crippen LogP contribution is -2.12. The van der Waals surface area contributed by atoms with Crippen LogP contribution < -0.4 is 0 Å². The van der Waals surface area contributed by atoms with E-state index < -0.39 is 6.10 Å². The van der Waals surface area contributed by atoms with Crippen molar-refractivity contribution < 1.29 is 5.11 Å². The molecule has 1 atom stereocenters. The molecule has 0 saturated heterocycles. The lowest BCUT2D eigenvalue weighted by Gasteiger charge is -2.23. The summed E-state index contributed by atoms with van der Waals surface area (Å²) in [6.45, 7) is 0. The monoisotopic (exact) mass is 284 g/mol. The molecule has 0 unspecified atom stereocenters. The van der Waals surface area contributed by atoms with Gasteiger partial charge >= 0.3 is 0 Å². The van der Waals surface area contributed by atoms with E-state index in [2.05, 4.69) is 4.98 Å². The first-order chi connectivity index (χ1) is 8.75. The van der Waals surface area contributed by atoms with Gasteiger partial charge in [0, 0.05) is 0 Å². The first kappa shape index (κ1) is 12.5. The van der Waals surface area contributed by atoms with Gasteiger partial charge in [0.15, 0.2) is 0 Å². The summed E-state index contributed by atoms with van der Waals surface area (Å²) in [5.41, 5.74) is 0.819. The minimum atomic E-state index is -0.469. The predicted molar refractivity (Wildman–Crippen MR) is 74.2 cm³/mol. The highest BCUT2D eigenvalue weighted by molar-refractivity contribution is 7.21. The molecule has 1 fully saturated rings. The Hall–Kier alpha value is -0.580. The van der Waals surface area contributed by atoms with Crippen LogP contribution in [0.4, 0.5) is 0 Å². The largest absolute Gasteiger partial charge is 0.387 e. The Morgan fingerprint density at radius 1 is 1.44 bits per heavy atom. The van der Waals surface area contributed by atoms with Crippen molar-refractivity contribution in [1.29, 1.82) is 0 Å². The lowest BCUT2D eigenvalue weighted by molar-refractivity contribution is 0.127. The maximum atomic E-state index is 10.4. The minimum Gasteiger partial charge on any atom is -0.387 e. The van der Waals surface area contributed by atoms with Gasteiger partial charge in [0.1, 0.15) is 15.5 Å². The number of aliphatic hydroxyl groups is 1. The van der Waals surface area contributed by atoms with Crippen molar-refractivity contribution in [2.45, 2.75) is 44.6 Å². The molecule has 98 valence electrons. The Kier molecular flexibility index (Phi) is 3.59. The van der Waals surface area contributed by atoms with Gasteiger partial charge in [-0.15, -0.1) is 11.3 Å². The molecule has 18 heavy (non-hydrogen) atoms. The van der Waals surface area contributed by atoms with Crippen LogP contribution in [-0.4, -0.2) is 14.5 Å². The van der Waals surface area contributed by atoms with E-state index in [0.29, 0.717) is 10.3 Å². The number of nitrogens with zero attached hydrogens (tertiary/aromatic N) is 2. The molecule has 1 saturated carbocycles. The Morgan fingerprint density at radius 2 is 2.22 bits per heavy atom. The molecular formula is C13H17ClN2OS. The molecule has 2 aromatic rings. The van der Waals surface area contributed by atoms with Crippen LogP contribution in [0.2, 0.25) is 4.34 Å². The second kappa shape index (κ2) is 5.19. The number of halogens is 1. The van der Waals surface area contributed by atoms with Crippen LogP contribution in [0, 0.1) is 5.92 Å². The molecule has 0 aliphatic heterocycles. The summed E-state index contributed by atoms with van der Waals surface area (Å²) in [6, 6.07) is 0. The average molecular weight is 285 g/mol. The fraction of sp³-hybridized carbons (Fsp3) is 0.615. The number of rotatable bonds is 3. The molecule has 0 amide bonds. The van der Waals surface area contributed by atoms with Crippen LogP contribution in [0.15, 0.2) is 12.5 Å². The average Bonchev–Trinajstić information content (AvgIpc) is 2.89. The number of aromatic nitrogens is 2. The summed E-state index contributed by atoms with van der Waals surface area (Å²) < 4.78 is 2.61. The Labute approximate surface area is 115 Å². The smallest absolute Gasteiger partial charge is 0.121 e. The highest BCUT2D eigenvalue weighted by Crippen LogP contribution is 2.37. The zero-order chi connectivity index (χ0) is 12.5. The van der Waals surface area contributed by atoms with Crippen molar-refractivity contribution in [3.63, 3.8) is 0 Å². The number of hydrogen-bond donors (Lipinski definition) is 1. The molecule has 3 rings (SSSR count). The predicted octanol–water partition coefficient (Wildman–Crippen LogP) is 4.05. The van der Waals surface area contributed by atoms with Crippen LogP contribution in [0.1, 0.15) is 50.3 Å². The number of hydrogen-bond acceptors (Lipinski definition) is 3. The molecule has 0 spiro atoms. The minimum absolute atomic E-state index is 0.469. The molecule has 0 radical (unpaired) electrons. The third-order valence-electron chi connectivity index (χ3n) is 3.86. The van der Waals surface area contributed by atoms with Gasteiger partial charge in [-0.1, -0.05) is 43.7 Å². The molecule has 5 heteroatoms. The molecule has 1 aliphatic carbocycles. The lowest BCUT2D eigenvalue weighted by atomic mass is 9.85. The molecule has 1 N–H and O–H groups in total. The van der Waals surface area contributed by atoms with Gasteiger partial charge < -0.3 is 5.11 Å². The first-order valence-corrected chi connectivity index (χ1v) is 7.73. The molecule has 2 aromatic heterocycles. The standard InChI is InChI=1S/C13H17ClN2OS/c14-13-12(16-8-15-7-11(16)18-13)10(17)6-9-4-2-1-3-5-9/h7-10,17H,1-6H2/t10-/m1/s1. The van der Waals surface area contributed by atoms with Gasteiger partial charge in [0.2, 0.25) is 0 Å². The van der Waals surface area contributed by atoms with Crippen molar-refractivity contribution >= 4 is 27.8 Å². The van der Waals surface area contributed by atoms with Crippen LogP contribution >= 0.6 is 22.9 Å². The second-order valence-electron chi connectivity index (χ2n) is 5.12. The third kappa shape index (κ3) is 2.29. The topological polar surface area (TPSA) is 37.5 Å². The fourth-order valence-electron chi connectivity index (χ4n) is 2.92. The SMILES string of the molecule is O[C@H](CC1CCCCC1)c1c(Cl)sc2cncn12. The van der Waals surface area contributed by atoms with E-state index in [-0.39, 0.29) is 0 Å². The molecular weight excluding hydrogens is 268 g/mol. The van der Waals surface area contributed by atoms with Crippen molar-refractivity contribution in [1.82, 2.24) is 9.38 Å². The van der Waals surface area contributed by atoms with Gasteiger partial charge in [0.05, 0.1) is 18.0 Å². The number of fused-ring (bicyclic) bond motifs is 1. The Morgan fingerprint density at radius 3 is 3.00 bits per heavy atom. The zero-order valence-corrected chi connectivity index (χ0v) is 11.8. The van der Waals surface area contributed by atoms with Gasteiger partial charge in [-0.2, -0.15) is 0 Å². The van der Waals surface area contributed by atoms with E-state index in [0.717, 1.165) is 16.9 Å². The molecule has 2 heterocycles. The van der Waals surface area contributed by atoms with E-state index >= 15 is 0 Å². The summed E-state index contributed by atoms with van der Waals surface area (Å²) in [4.78, 5) is 5.09. The van der Waals surface area contributed by atoms with Crippen molar-refractivity contribution in [2.75, 3.05) is 0 Å². The Bertz CT molecular complexity index is 530. The van der Waals surface area contributed by atoms with Crippen LogP contribution in [-0.2, 0) is 0 Å².